The normalized spacial score (nSPS) is 13.0. The maximum atomic E-state index is 12.7. The molecule has 0 fully saturated rings. The zero-order valence-corrected chi connectivity index (χ0v) is 15.2. The Morgan fingerprint density at radius 2 is 2.04 bits per heavy atom. The first-order chi connectivity index (χ1) is 12.6. The molecular weight excluding hydrogens is 370 g/mol. The second-order valence-electron chi connectivity index (χ2n) is 5.88. The number of aryl methyl sites for hydroxylation is 1. The van der Waals surface area contributed by atoms with Crippen LogP contribution in [-0.4, -0.2) is 16.8 Å². The van der Waals surface area contributed by atoms with Gasteiger partial charge < -0.3 is 10.6 Å². The van der Waals surface area contributed by atoms with Crippen molar-refractivity contribution in [2.75, 3.05) is 10.6 Å². The number of fused-ring (bicyclic) bond motifs is 1. The van der Waals surface area contributed by atoms with Crippen molar-refractivity contribution in [2.45, 2.75) is 12.8 Å². The van der Waals surface area contributed by atoms with Gasteiger partial charge in [-0.1, -0.05) is 29.8 Å². The minimum atomic E-state index is -0.234. The van der Waals surface area contributed by atoms with Gasteiger partial charge in [0.2, 0.25) is 5.91 Å². The van der Waals surface area contributed by atoms with Gasteiger partial charge in [0.15, 0.2) is 0 Å². The van der Waals surface area contributed by atoms with Crippen molar-refractivity contribution in [3.05, 3.63) is 63.4 Å². The topological polar surface area (TPSA) is 71.1 Å². The van der Waals surface area contributed by atoms with E-state index >= 15 is 0 Å². The number of nitrogens with zero attached hydrogens (tertiary/aromatic N) is 1. The summed E-state index contributed by atoms with van der Waals surface area (Å²) in [6.07, 6.45) is 1.12. The van der Waals surface area contributed by atoms with E-state index in [0.29, 0.717) is 34.1 Å². The predicted octanol–water partition coefficient (Wildman–Crippen LogP) is 4.60. The van der Waals surface area contributed by atoms with Crippen molar-refractivity contribution < 1.29 is 9.59 Å². The van der Waals surface area contributed by atoms with Gasteiger partial charge in [-0.25, -0.2) is 4.98 Å². The maximum absolute atomic E-state index is 12.7. The van der Waals surface area contributed by atoms with Crippen molar-refractivity contribution in [3.8, 4) is 11.3 Å². The summed E-state index contributed by atoms with van der Waals surface area (Å²) in [5.74, 6) is -0.217. The maximum Gasteiger partial charge on any atom is 0.268 e. The van der Waals surface area contributed by atoms with E-state index < -0.39 is 0 Å². The quantitative estimate of drug-likeness (QED) is 0.694. The lowest BCUT2D eigenvalue weighted by molar-refractivity contribution is -0.116. The molecule has 26 heavy (non-hydrogen) atoms. The standard InChI is InChI=1S/C19H14ClN3O2S/c20-14-4-2-1-3-13(14)17-18(26-10-21-17)19(25)22-12-6-7-15-11(9-12)5-8-16(24)23-15/h1-4,6-7,9-10H,5,8H2,(H,22,25)(H,23,24). The third-order valence-corrected chi connectivity index (χ3v) is 5.32. The molecule has 1 aromatic heterocycles. The number of aromatic nitrogens is 1. The molecule has 7 heteroatoms. The zero-order chi connectivity index (χ0) is 18.1. The molecule has 0 bridgehead atoms. The number of hydrogen-bond acceptors (Lipinski definition) is 4. The fourth-order valence-corrected chi connectivity index (χ4v) is 3.82. The number of hydrogen-bond donors (Lipinski definition) is 2. The second-order valence-corrected chi connectivity index (χ2v) is 7.15. The van der Waals surface area contributed by atoms with E-state index in [1.54, 1.807) is 17.6 Å². The van der Waals surface area contributed by atoms with Crippen LogP contribution in [0.15, 0.2) is 48.0 Å². The Morgan fingerprint density at radius 1 is 1.19 bits per heavy atom. The largest absolute Gasteiger partial charge is 0.326 e. The highest BCUT2D eigenvalue weighted by Gasteiger charge is 2.19. The molecule has 0 unspecified atom stereocenters. The van der Waals surface area contributed by atoms with Gasteiger partial charge in [-0.2, -0.15) is 0 Å². The van der Waals surface area contributed by atoms with Crippen LogP contribution in [0.5, 0.6) is 0 Å². The van der Waals surface area contributed by atoms with Crippen molar-refractivity contribution >= 4 is 46.1 Å². The molecule has 1 aliphatic rings. The number of benzene rings is 2. The van der Waals surface area contributed by atoms with Crippen LogP contribution in [0, 0.1) is 0 Å². The summed E-state index contributed by atoms with van der Waals surface area (Å²) in [6, 6.07) is 12.8. The van der Waals surface area contributed by atoms with Gasteiger partial charge in [-0.15, -0.1) is 11.3 Å². The first-order valence-electron chi connectivity index (χ1n) is 8.04. The minimum Gasteiger partial charge on any atom is -0.326 e. The van der Waals surface area contributed by atoms with Crippen LogP contribution in [0.4, 0.5) is 11.4 Å². The monoisotopic (exact) mass is 383 g/mol. The average Bonchev–Trinajstić information content (AvgIpc) is 3.12. The van der Waals surface area contributed by atoms with Gasteiger partial charge in [-0.05, 0) is 36.2 Å². The first-order valence-corrected chi connectivity index (χ1v) is 9.30. The van der Waals surface area contributed by atoms with Gasteiger partial charge in [0.1, 0.15) is 4.88 Å². The molecule has 0 aliphatic carbocycles. The molecule has 5 nitrogen and oxygen atoms in total. The summed E-state index contributed by atoms with van der Waals surface area (Å²) < 4.78 is 0. The van der Waals surface area contributed by atoms with E-state index in [2.05, 4.69) is 15.6 Å². The Morgan fingerprint density at radius 3 is 2.88 bits per heavy atom. The molecule has 0 saturated carbocycles. The molecule has 2 heterocycles. The van der Waals surface area contributed by atoms with E-state index in [0.717, 1.165) is 16.8 Å². The lowest BCUT2D eigenvalue weighted by Crippen LogP contribution is -2.19. The molecule has 0 atom stereocenters. The van der Waals surface area contributed by atoms with Crippen molar-refractivity contribution in [1.82, 2.24) is 4.98 Å². The first kappa shape index (κ1) is 16.8. The third kappa shape index (κ3) is 3.21. The molecule has 0 radical (unpaired) electrons. The van der Waals surface area contributed by atoms with Crippen LogP contribution in [0.25, 0.3) is 11.3 Å². The molecule has 2 amide bonds. The van der Waals surface area contributed by atoms with E-state index in [4.69, 9.17) is 11.6 Å². The van der Waals surface area contributed by atoms with Crippen molar-refractivity contribution in [1.29, 1.82) is 0 Å². The van der Waals surface area contributed by atoms with Gasteiger partial charge >= 0.3 is 0 Å². The summed E-state index contributed by atoms with van der Waals surface area (Å²) in [7, 11) is 0. The van der Waals surface area contributed by atoms with Crippen molar-refractivity contribution in [2.24, 2.45) is 0 Å². The number of thiazole rings is 1. The minimum absolute atomic E-state index is 0.0170. The van der Waals surface area contributed by atoms with Crippen LogP contribution in [0.1, 0.15) is 21.7 Å². The lowest BCUT2D eigenvalue weighted by atomic mass is 10.0. The van der Waals surface area contributed by atoms with Crippen LogP contribution >= 0.6 is 22.9 Å². The lowest BCUT2D eigenvalue weighted by Gasteiger charge is -2.17. The Balaban J connectivity index is 1.60. The second kappa shape index (κ2) is 6.90. The molecule has 4 rings (SSSR count). The summed E-state index contributed by atoms with van der Waals surface area (Å²) >= 11 is 7.51. The Kier molecular flexibility index (Phi) is 4.44. The molecule has 3 aromatic rings. The Hall–Kier alpha value is -2.70. The molecule has 1 aliphatic heterocycles. The summed E-state index contributed by atoms with van der Waals surface area (Å²) in [5.41, 5.74) is 5.43. The van der Waals surface area contributed by atoms with E-state index in [1.807, 2.05) is 30.3 Å². The Labute approximate surface area is 159 Å². The third-order valence-electron chi connectivity index (χ3n) is 4.16. The average molecular weight is 384 g/mol. The van der Waals surface area contributed by atoms with Crippen LogP contribution in [0.2, 0.25) is 5.02 Å². The number of carbonyl (C=O) groups excluding carboxylic acids is 2. The molecule has 130 valence electrons. The SMILES string of the molecule is O=C1CCc2cc(NC(=O)c3scnc3-c3ccccc3Cl)ccc2N1. The number of amides is 2. The van der Waals surface area contributed by atoms with Gasteiger partial charge in [-0.3, -0.25) is 9.59 Å². The summed E-state index contributed by atoms with van der Waals surface area (Å²) in [6.45, 7) is 0. The number of rotatable bonds is 3. The summed E-state index contributed by atoms with van der Waals surface area (Å²) in [4.78, 5) is 29.0. The highest BCUT2D eigenvalue weighted by molar-refractivity contribution is 7.12. The van der Waals surface area contributed by atoms with Gasteiger partial charge in [0.05, 0.1) is 16.2 Å². The van der Waals surface area contributed by atoms with E-state index in [1.165, 1.54) is 11.3 Å². The van der Waals surface area contributed by atoms with E-state index in [9.17, 15) is 9.59 Å². The summed E-state index contributed by atoms with van der Waals surface area (Å²) in [5, 5.41) is 6.29. The molecule has 2 aromatic carbocycles. The number of nitrogens with one attached hydrogen (secondary N) is 2. The number of anilines is 2. The molecule has 2 N–H and O–H groups in total. The predicted molar refractivity (Wildman–Crippen MR) is 104 cm³/mol. The van der Waals surface area contributed by atoms with Gasteiger partial charge in [0, 0.05) is 23.4 Å². The van der Waals surface area contributed by atoms with Crippen LogP contribution < -0.4 is 10.6 Å². The highest BCUT2D eigenvalue weighted by Crippen LogP contribution is 2.32. The molecule has 0 spiro atoms. The fourth-order valence-electron chi connectivity index (χ4n) is 2.90. The van der Waals surface area contributed by atoms with Crippen LogP contribution in [-0.2, 0) is 11.2 Å². The highest BCUT2D eigenvalue weighted by atomic mass is 35.5. The smallest absolute Gasteiger partial charge is 0.268 e. The fraction of sp³-hybridized carbons (Fsp3) is 0.105. The van der Waals surface area contributed by atoms with Crippen LogP contribution in [0.3, 0.4) is 0 Å². The van der Waals surface area contributed by atoms with E-state index in [-0.39, 0.29) is 11.8 Å². The van der Waals surface area contributed by atoms with Crippen molar-refractivity contribution in [3.63, 3.8) is 0 Å². The number of halogens is 1. The molecule has 0 saturated heterocycles. The number of carbonyl (C=O) groups is 2. The molecular formula is C19H14ClN3O2S. The Bertz CT molecular complexity index is 1020. The zero-order valence-electron chi connectivity index (χ0n) is 13.6. The van der Waals surface area contributed by atoms with Gasteiger partial charge in [0.25, 0.3) is 5.91 Å².